The number of hydrogen-bond acceptors (Lipinski definition) is 12. The molecule has 1 fully saturated rings. The first-order valence-corrected chi connectivity index (χ1v) is 18.6. The van der Waals surface area contributed by atoms with Gasteiger partial charge in [0.15, 0.2) is 5.82 Å². The number of likely N-dealkylation sites (tertiary alicyclic amines) is 1. The number of benzene rings is 2. The Labute approximate surface area is 326 Å². The quantitative estimate of drug-likeness (QED) is 0.0928. The molecule has 5 N–H and O–H groups in total. The highest BCUT2D eigenvalue weighted by molar-refractivity contribution is 6.37. The van der Waals surface area contributed by atoms with E-state index in [1.165, 1.54) is 7.11 Å². The zero-order chi connectivity index (χ0) is 38.5. The van der Waals surface area contributed by atoms with Crippen molar-refractivity contribution in [2.45, 2.75) is 56.9 Å². The van der Waals surface area contributed by atoms with E-state index < -0.39 is 12.1 Å². The number of carbonyl (C=O) groups is 2. The number of aromatic amines is 1. The van der Waals surface area contributed by atoms with E-state index in [2.05, 4.69) is 46.1 Å². The van der Waals surface area contributed by atoms with Crippen LogP contribution in [0.25, 0.3) is 11.1 Å². The maximum absolute atomic E-state index is 13.5. The first-order chi connectivity index (χ1) is 26.7. The van der Waals surface area contributed by atoms with Crippen molar-refractivity contribution in [1.29, 1.82) is 0 Å². The summed E-state index contributed by atoms with van der Waals surface area (Å²) in [6.45, 7) is 2.80. The van der Waals surface area contributed by atoms with Gasteiger partial charge in [0.1, 0.15) is 16.9 Å². The molecule has 2 aliphatic rings. The summed E-state index contributed by atoms with van der Waals surface area (Å²) in [6.07, 6.45) is 2.33. The van der Waals surface area contributed by atoms with E-state index in [4.69, 9.17) is 37.8 Å². The van der Waals surface area contributed by atoms with Gasteiger partial charge in [-0.2, -0.15) is 10.2 Å². The van der Waals surface area contributed by atoms with Gasteiger partial charge < -0.3 is 30.3 Å². The second-order valence-corrected chi connectivity index (χ2v) is 14.3. The molecule has 2 unspecified atom stereocenters. The van der Waals surface area contributed by atoms with E-state index in [-0.39, 0.29) is 54.2 Å². The molecule has 1 saturated heterocycles. The van der Waals surface area contributed by atoms with Gasteiger partial charge in [-0.25, -0.2) is 4.98 Å². The second kappa shape index (κ2) is 17.1. The van der Waals surface area contributed by atoms with Crippen LogP contribution in [0.2, 0.25) is 10.0 Å². The number of methoxy groups -OCH3 is 1. The number of hydrogen-bond donors (Lipinski definition) is 5. The van der Waals surface area contributed by atoms with Gasteiger partial charge in [-0.1, -0.05) is 64.8 Å². The lowest BCUT2D eigenvalue weighted by Crippen LogP contribution is -2.28. The van der Waals surface area contributed by atoms with Crippen molar-refractivity contribution in [1.82, 2.24) is 40.8 Å². The van der Waals surface area contributed by atoms with Gasteiger partial charge in [0.25, 0.3) is 5.91 Å². The molecule has 1 aliphatic carbocycles. The number of fused-ring (bicyclic) bond motifs is 1. The highest BCUT2D eigenvalue weighted by atomic mass is 35.5. The molecule has 0 spiro atoms. The van der Waals surface area contributed by atoms with Crippen molar-refractivity contribution in [3.63, 3.8) is 0 Å². The van der Waals surface area contributed by atoms with Crippen molar-refractivity contribution in [2.24, 2.45) is 0 Å². The third-order valence-corrected chi connectivity index (χ3v) is 10.4. The van der Waals surface area contributed by atoms with Crippen LogP contribution >= 0.6 is 23.2 Å². The van der Waals surface area contributed by atoms with Crippen LogP contribution in [0.15, 0.2) is 60.8 Å². The molecule has 0 bridgehead atoms. The molecule has 7 rings (SSSR count). The summed E-state index contributed by atoms with van der Waals surface area (Å²) in [6, 6.07) is 16.7. The number of aliphatic hydroxyl groups excluding tert-OH is 1. The summed E-state index contributed by atoms with van der Waals surface area (Å²) in [5.41, 5.74) is 5.61. The molecule has 0 radical (unpaired) electrons. The molecule has 4 heterocycles. The minimum absolute atomic E-state index is 0.0703. The zero-order valence-electron chi connectivity index (χ0n) is 29.8. The van der Waals surface area contributed by atoms with Gasteiger partial charge >= 0.3 is 5.97 Å². The molecule has 55 heavy (non-hydrogen) atoms. The molecule has 1 aliphatic heterocycles. The molecular weight excluding hydrogens is 749 g/mol. The minimum Gasteiger partial charge on any atom is -0.481 e. The van der Waals surface area contributed by atoms with Crippen LogP contribution in [0.4, 0.5) is 5.82 Å². The normalized spacial score (nSPS) is 17.2. The second-order valence-electron chi connectivity index (χ2n) is 13.5. The number of nitrogens with one attached hydrogen (secondary N) is 3. The van der Waals surface area contributed by atoms with Crippen LogP contribution in [0.5, 0.6) is 11.8 Å². The van der Waals surface area contributed by atoms with Gasteiger partial charge in [0, 0.05) is 49.4 Å². The monoisotopic (exact) mass is 787 g/mol. The molecule has 17 heteroatoms. The first-order valence-electron chi connectivity index (χ1n) is 17.8. The van der Waals surface area contributed by atoms with Gasteiger partial charge in [0.05, 0.1) is 30.2 Å². The molecular formula is C38H39Cl2N9O6. The van der Waals surface area contributed by atoms with Crippen LogP contribution in [-0.4, -0.2) is 90.4 Å². The largest absolute Gasteiger partial charge is 0.481 e. The number of aliphatic hydroxyl groups is 1. The number of aliphatic carboxylic acids is 1. The van der Waals surface area contributed by atoms with Crippen LogP contribution in [0.1, 0.15) is 69.7 Å². The van der Waals surface area contributed by atoms with Crippen molar-refractivity contribution in [2.75, 3.05) is 32.1 Å². The Morgan fingerprint density at radius 3 is 2.69 bits per heavy atom. The number of H-pyrrole nitrogens is 1. The number of nitrogens with zero attached hydrogens (tertiary/aromatic N) is 6. The number of pyridine rings is 2. The molecule has 3 aromatic heterocycles. The Hall–Kier alpha value is -5.19. The highest BCUT2D eigenvalue weighted by Crippen LogP contribution is 2.43. The van der Waals surface area contributed by atoms with E-state index in [0.29, 0.717) is 34.8 Å². The Morgan fingerprint density at radius 1 is 1.09 bits per heavy atom. The number of halogens is 2. The summed E-state index contributed by atoms with van der Waals surface area (Å²) in [4.78, 5) is 35.7. The number of aromatic nitrogens is 6. The molecule has 1 amide bonds. The number of amides is 1. The fourth-order valence-electron chi connectivity index (χ4n) is 7.13. The van der Waals surface area contributed by atoms with E-state index in [1.807, 2.05) is 36.4 Å². The van der Waals surface area contributed by atoms with E-state index >= 15 is 0 Å². The fraction of sp³-hybridized carbons (Fsp3) is 0.342. The van der Waals surface area contributed by atoms with Gasteiger partial charge in [-0.05, 0) is 66.3 Å². The van der Waals surface area contributed by atoms with Gasteiger partial charge in [-0.3, -0.25) is 14.5 Å². The summed E-state index contributed by atoms with van der Waals surface area (Å²) in [5.74, 6) is 0.456. The number of carbonyl (C=O) groups excluding carboxylic acids is 1. The van der Waals surface area contributed by atoms with Crippen LogP contribution < -0.4 is 20.1 Å². The van der Waals surface area contributed by atoms with E-state index in [1.54, 1.807) is 24.4 Å². The van der Waals surface area contributed by atoms with Gasteiger partial charge in [-0.15, -0.1) is 10.2 Å². The van der Waals surface area contributed by atoms with E-state index in [9.17, 15) is 14.7 Å². The average molecular weight is 789 g/mol. The SMILES string of the molecule is COc1nc(O[C@H]2CCc3c(-c4cccc(C(=O)Nc5ccc(CN6CCC(c7nn[nH]n7)C6)cn5)c4Cl)cccc32)c(Cl)cc1CNCC(O)CC(=O)O. The van der Waals surface area contributed by atoms with Crippen molar-refractivity contribution < 1.29 is 29.3 Å². The Kier molecular flexibility index (Phi) is 11.8. The number of tetrazole rings is 1. The molecule has 3 atom stereocenters. The summed E-state index contributed by atoms with van der Waals surface area (Å²) in [5, 5.41) is 39.7. The third kappa shape index (κ3) is 8.87. The number of anilines is 1. The maximum Gasteiger partial charge on any atom is 0.306 e. The van der Waals surface area contributed by atoms with Crippen molar-refractivity contribution >= 4 is 40.9 Å². The number of carboxylic acid groups (broad SMARTS) is 1. The molecule has 2 aromatic carbocycles. The number of ether oxygens (including phenoxy) is 2. The van der Waals surface area contributed by atoms with E-state index in [0.717, 1.165) is 59.7 Å². The summed E-state index contributed by atoms with van der Waals surface area (Å²) < 4.78 is 11.9. The summed E-state index contributed by atoms with van der Waals surface area (Å²) in [7, 11) is 1.48. The Bertz CT molecular complexity index is 2160. The molecule has 15 nitrogen and oxygen atoms in total. The first kappa shape index (κ1) is 38.1. The average Bonchev–Trinajstić information content (AvgIpc) is 3.96. The standard InChI is InChI=1S/C38H39Cl2N9O6/c1-54-37-23(17-41-18-24(50)15-33(51)52)14-30(39)38(44-37)55-31-10-9-26-25(4-2-5-27(26)31)28-6-3-7-29(34(28)40)36(53)43-32-11-8-21(16-42-32)19-49-13-12-22(20-49)35-45-47-48-46-35/h2-8,11,14,16,22,24,31,41,50H,9-10,12-13,15,17-20H2,1H3,(H,51,52)(H,42,43,53)(H,45,46,47,48)/t22?,24?,31-/m0/s1. The van der Waals surface area contributed by atoms with Crippen LogP contribution in [0, 0.1) is 0 Å². The lowest BCUT2D eigenvalue weighted by molar-refractivity contribution is -0.139. The number of rotatable bonds is 15. The zero-order valence-corrected chi connectivity index (χ0v) is 31.3. The van der Waals surface area contributed by atoms with Crippen LogP contribution in [-0.2, 0) is 24.3 Å². The highest BCUT2D eigenvalue weighted by Gasteiger charge is 2.30. The maximum atomic E-state index is 13.5. The lowest BCUT2D eigenvalue weighted by atomic mass is 9.95. The van der Waals surface area contributed by atoms with Crippen molar-refractivity contribution in [3.8, 4) is 22.9 Å². The Balaban J connectivity index is 1.00. The molecule has 5 aromatic rings. The number of carboxylic acids is 1. The summed E-state index contributed by atoms with van der Waals surface area (Å²) >= 11 is 13.6. The fourth-order valence-corrected chi connectivity index (χ4v) is 7.66. The van der Waals surface area contributed by atoms with Crippen LogP contribution in [0.3, 0.4) is 0 Å². The van der Waals surface area contributed by atoms with Crippen molar-refractivity contribution in [3.05, 3.63) is 104 Å². The topological polar surface area (TPSA) is 201 Å². The molecule has 0 saturated carbocycles. The molecule has 286 valence electrons. The van der Waals surface area contributed by atoms with Gasteiger partial charge in [0.2, 0.25) is 11.8 Å². The third-order valence-electron chi connectivity index (χ3n) is 9.76. The predicted octanol–water partition coefficient (Wildman–Crippen LogP) is 5.21. The lowest BCUT2D eigenvalue weighted by Gasteiger charge is -2.18. The minimum atomic E-state index is -1.08. The Morgan fingerprint density at radius 2 is 1.93 bits per heavy atom. The predicted molar refractivity (Wildman–Crippen MR) is 203 cm³/mol. The smallest absolute Gasteiger partial charge is 0.306 e.